The molecule has 1 aromatic carbocycles. The van der Waals surface area contributed by atoms with Crippen LogP contribution in [0.3, 0.4) is 0 Å². The Hall–Kier alpha value is -1.35. The number of aryl methyl sites for hydroxylation is 1. The van der Waals surface area contributed by atoms with Crippen molar-refractivity contribution in [2.24, 2.45) is 0 Å². The lowest BCUT2D eigenvalue weighted by Crippen LogP contribution is -2.45. The van der Waals surface area contributed by atoms with Gasteiger partial charge in [-0.15, -0.1) is 0 Å². The molecule has 0 unspecified atom stereocenters. The van der Waals surface area contributed by atoms with Gasteiger partial charge in [0, 0.05) is 6.42 Å². The van der Waals surface area contributed by atoms with Crippen LogP contribution in [0.4, 0.5) is 0 Å². The highest BCUT2D eigenvalue weighted by atomic mass is 16.3. The first-order valence-electron chi connectivity index (χ1n) is 7.27. The number of aliphatic hydroxyl groups excluding tert-OH is 1. The normalized spacial score (nSPS) is 23.0. The van der Waals surface area contributed by atoms with E-state index in [1.807, 2.05) is 18.2 Å². The Labute approximate surface area is 115 Å². The van der Waals surface area contributed by atoms with Gasteiger partial charge in [0.05, 0.1) is 12.1 Å². The molecule has 1 saturated carbocycles. The zero-order valence-electron chi connectivity index (χ0n) is 11.3. The third-order valence-corrected chi connectivity index (χ3v) is 3.79. The summed E-state index contributed by atoms with van der Waals surface area (Å²) in [5.41, 5.74) is 1.27. The van der Waals surface area contributed by atoms with Crippen molar-refractivity contribution < 1.29 is 9.90 Å². The average Bonchev–Trinajstić information content (AvgIpc) is 2.43. The maximum Gasteiger partial charge on any atom is 0.220 e. The van der Waals surface area contributed by atoms with Crippen molar-refractivity contribution in [3.63, 3.8) is 0 Å². The average molecular weight is 261 g/mol. The van der Waals surface area contributed by atoms with Gasteiger partial charge in [0.2, 0.25) is 5.91 Å². The largest absolute Gasteiger partial charge is 0.391 e. The minimum absolute atomic E-state index is 0.0297. The molecule has 1 fully saturated rings. The first kappa shape index (κ1) is 14.1. The van der Waals surface area contributed by atoms with Crippen LogP contribution in [0.25, 0.3) is 0 Å². The molecule has 0 heterocycles. The van der Waals surface area contributed by atoms with Crippen molar-refractivity contribution in [2.75, 3.05) is 0 Å². The number of amides is 1. The Morgan fingerprint density at radius 3 is 2.68 bits per heavy atom. The summed E-state index contributed by atoms with van der Waals surface area (Å²) in [5.74, 6) is 0.0712. The third-order valence-electron chi connectivity index (χ3n) is 3.79. The predicted molar refractivity (Wildman–Crippen MR) is 75.8 cm³/mol. The maximum atomic E-state index is 11.8. The molecular weight excluding hydrogens is 238 g/mol. The van der Waals surface area contributed by atoms with Gasteiger partial charge in [-0.3, -0.25) is 4.79 Å². The molecule has 0 bridgehead atoms. The molecule has 0 aliphatic heterocycles. The molecule has 1 aromatic rings. The summed E-state index contributed by atoms with van der Waals surface area (Å²) in [7, 11) is 0. The Bertz CT molecular complexity index is 391. The van der Waals surface area contributed by atoms with Gasteiger partial charge < -0.3 is 10.4 Å². The second-order valence-electron chi connectivity index (χ2n) is 5.36. The van der Waals surface area contributed by atoms with Crippen molar-refractivity contribution in [1.82, 2.24) is 5.32 Å². The SMILES string of the molecule is O=C(CCCc1ccccc1)N[C@@H]1CCCC[C@H]1O. The maximum absolute atomic E-state index is 11.8. The van der Waals surface area contributed by atoms with E-state index in [1.54, 1.807) is 0 Å². The van der Waals surface area contributed by atoms with Gasteiger partial charge in [-0.05, 0) is 31.2 Å². The molecule has 2 N–H and O–H groups in total. The highest BCUT2D eigenvalue weighted by Crippen LogP contribution is 2.18. The molecule has 0 radical (unpaired) electrons. The summed E-state index contributed by atoms with van der Waals surface area (Å²) < 4.78 is 0. The summed E-state index contributed by atoms with van der Waals surface area (Å²) in [5, 5.41) is 12.8. The van der Waals surface area contributed by atoms with Crippen LogP contribution >= 0.6 is 0 Å². The monoisotopic (exact) mass is 261 g/mol. The molecule has 1 aliphatic rings. The summed E-state index contributed by atoms with van der Waals surface area (Å²) in [6.45, 7) is 0. The van der Waals surface area contributed by atoms with Crippen LogP contribution in [0.5, 0.6) is 0 Å². The lowest BCUT2D eigenvalue weighted by molar-refractivity contribution is -0.123. The van der Waals surface area contributed by atoms with E-state index in [4.69, 9.17) is 0 Å². The van der Waals surface area contributed by atoms with Crippen LogP contribution in [0.2, 0.25) is 0 Å². The van der Waals surface area contributed by atoms with E-state index >= 15 is 0 Å². The number of rotatable bonds is 5. The zero-order valence-corrected chi connectivity index (χ0v) is 11.3. The molecule has 19 heavy (non-hydrogen) atoms. The number of hydrogen-bond donors (Lipinski definition) is 2. The van der Waals surface area contributed by atoms with Crippen molar-refractivity contribution in [1.29, 1.82) is 0 Å². The number of benzene rings is 1. The summed E-state index contributed by atoms with van der Waals surface area (Å²) in [4.78, 5) is 11.8. The van der Waals surface area contributed by atoms with Crippen LogP contribution in [-0.2, 0) is 11.2 Å². The van der Waals surface area contributed by atoms with Crippen LogP contribution in [0, 0.1) is 0 Å². The van der Waals surface area contributed by atoms with E-state index in [0.717, 1.165) is 38.5 Å². The molecule has 1 amide bonds. The Morgan fingerprint density at radius 1 is 1.21 bits per heavy atom. The van der Waals surface area contributed by atoms with Crippen molar-refractivity contribution in [3.05, 3.63) is 35.9 Å². The highest BCUT2D eigenvalue weighted by Gasteiger charge is 2.23. The summed E-state index contributed by atoms with van der Waals surface area (Å²) >= 11 is 0. The first-order chi connectivity index (χ1) is 9.25. The van der Waals surface area contributed by atoms with E-state index in [0.29, 0.717) is 6.42 Å². The lowest BCUT2D eigenvalue weighted by atomic mass is 9.92. The topological polar surface area (TPSA) is 49.3 Å². The van der Waals surface area contributed by atoms with E-state index in [1.165, 1.54) is 5.56 Å². The molecule has 2 atom stereocenters. The van der Waals surface area contributed by atoms with Gasteiger partial charge in [-0.25, -0.2) is 0 Å². The van der Waals surface area contributed by atoms with E-state index in [9.17, 15) is 9.90 Å². The quantitative estimate of drug-likeness (QED) is 0.855. The zero-order chi connectivity index (χ0) is 13.5. The fourth-order valence-corrected chi connectivity index (χ4v) is 2.66. The minimum Gasteiger partial charge on any atom is -0.391 e. The second-order valence-corrected chi connectivity index (χ2v) is 5.36. The third kappa shape index (κ3) is 4.67. The van der Waals surface area contributed by atoms with Crippen LogP contribution < -0.4 is 5.32 Å². The fraction of sp³-hybridized carbons (Fsp3) is 0.562. The molecule has 0 spiro atoms. The first-order valence-corrected chi connectivity index (χ1v) is 7.27. The number of carbonyl (C=O) groups is 1. The molecule has 3 heteroatoms. The summed E-state index contributed by atoms with van der Waals surface area (Å²) in [6, 6.07) is 10.2. The molecule has 0 aromatic heterocycles. The minimum atomic E-state index is -0.355. The summed E-state index contributed by atoms with van der Waals surface area (Å²) in [6.07, 6.45) is 5.87. The van der Waals surface area contributed by atoms with Crippen LogP contribution in [0.15, 0.2) is 30.3 Å². The van der Waals surface area contributed by atoms with Gasteiger partial charge in [0.1, 0.15) is 0 Å². The van der Waals surface area contributed by atoms with Gasteiger partial charge in [-0.1, -0.05) is 43.2 Å². The molecule has 2 rings (SSSR count). The van der Waals surface area contributed by atoms with Crippen molar-refractivity contribution >= 4 is 5.91 Å². The standard InChI is InChI=1S/C16H23NO2/c18-15-11-5-4-10-14(15)17-16(19)12-6-9-13-7-2-1-3-8-13/h1-3,7-8,14-15,18H,4-6,9-12H2,(H,17,19)/t14-,15-/m1/s1. The van der Waals surface area contributed by atoms with Crippen LogP contribution in [-0.4, -0.2) is 23.2 Å². The molecule has 0 saturated heterocycles. The van der Waals surface area contributed by atoms with E-state index in [2.05, 4.69) is 17.4 Å². The Kier molecular flexibility index (Phi) is 5.40. The van der Waals surface area contributed by atoms with Gasteiger partial charge in [0.25, 0.3) is 0 Å². The van der Waals surface area contributed by atoms with Gasteiger partial charge in [-0.2, -0.15) is 0 Å². The number of hydrogen-bond acceptors (Lipinski definition) is 2. The van der Waals surface area contributed by atoms with E-state index < -0.39 is 0 Å². The Balaban J connectivity index is 1.67. The number of carbonyl (C=O) groups excluding carboxylic acids is 1. The number of nitrogens with one attached hydrogen (secondary N) is 1. The molecule has 104 valence electrons. The number of aliphatic hydroxyl groups is 1. The molecule has 3 nitrogen and oxygen atoms in total. The van der Waals surface area contributed by atoms with Crippen molar-refractivity contribution in [2.45, 2.75) is 57.1 Å². The van der Waals surface area contributed by atoms with Crippen LogP contribution in [0.1, 0.15) is 44.1 Å². The van der Waals surface area contributed by atoms with Crippen molar-refractivity contribution in [3.8, 4) is 0 Å². The van der Waals surface area contributed by atoms with Gasteiger partial charge in [0.15, 0.2) is 0 Å². The second kappa shape index (κ2) is 7.29. The Morgan fingerprint density at radius 2 is 1.95 bits per heavy atom. The van der Waals surface area contributed by atoms with Gasteiger partial charge >= 0.3 is 0 Å². The fourth-order valence-electron chi connectivity index (χ4n) is 2.66. The smallest absolute Gasteiger partial charge is 0.220 e. The lowest BCUT2D eigenvalue weighted by Gasteiger charge is -2.28. The highest BCUT2D eigenvalue weighted by molar-refractivity contribution is 5.76. The molecular formula is C16H23NO2. The molecule has 1 aliphatic carbocycles. The van der Waals surface area contributed by atoms with E-state index in [-0.39, 0.29) is 18.1 Å². The predicted octanol–water partition coefficient (Wildman–Crippen LogP) is 2.43.